The monoisotopic (exact) mass is 197 g/mol. The fourth-order valence-electron chi connectivity index (χ4n) is 1.93. The van der Waals surface area contributed by atoms with Crippen LogP contribution in [0.1, 0.15) is 24.5 Å². The topological polar surface area (TPSA) is 22.0 Å². The van der Waals surface area contributed by atoms with E-state index < -0.39 is 0 Å². The third kappa shape index (κ3) is 1.51. The summed E-state index contributed by atoms with van der Waals surface area (Å²) in [5, 5.41) is 0. The maximum atomic E-state index is 11.4. The number of pyridine rings is 1. The number of nitrogens with zero attached hydrogens (tertiary/aromatic N) is 1. The highest BCUT2D eigenvalue weighted by atomic mass is 35.5. The Balaban J connectivity index is 2.51. The number of halogens is 1. The molecule has 1 aliphatic rings. The molecule has 0 radical (unpaired) electrons. The molecule has 1 aliphatic heterocycles. The van der Waals surface area contributed by atoms with E-state index >= 15 is 0 Å². The van der Waals surface area contributed by atoms with Crippen LogP contribution in [0.5, 0.6) is 0 Å². The zero-order valence-electron chi connectivity index (χ0n) is 7.37. The van der Waals surface area contributed by atoms with E-state index in [1.54, 1.807) is 6.07 Å². The third-order valence-electron chi connectivity index (χ3n) is 2.62. The highest BCUT2D eigenvalue weighted by molar-refractivity contribution is 6.18. The summed E-state index contributed by atoms with van der Waals surface area (Å²) in [6, 6.07) is 5.44. The Morgan fingerprint density at radius 3 is 3.15 bits per heavy atom. The van der Waals surface area contributed by atoms with E-state index in [9.17, 15) is 4.79 Å². The summed E-state index contributed by atoms with van der Waals surface area (Å²) in [5.41, 5.74) is 1.21. The van der Waals surface area contributed by atoms with Crippen molar-refractivity contribution >= 4 is 11.6 Å². The number of hydrogen-bond acceptors (Lipinski definition) is 1. The van der Waals surface area contributed by atoms with E-state index in [1.165, 1.54) is 0 Å². The number of rotatable bonds is 1. The lowest BCUT2D eigenvalue weighted by Gasteiger charge is -2.24. The summed E-state index contributed by atoms with van der Waals surface area (Å²) in [7, 11) is 0. The summed E-state index contributed by atoms with van der Waals surface area (Å²) in [6.07, 6.45) is 2.17. The van der Waals surface area contributed by atoms with E-state index in [4.69, 9.17) is 11.6 Å². The van der Waals surface area contributed by atoms with Crippen LogP contribution in [0.15, 0.2) is 23.0 Å². The third-order valence-corrected chi connectivity index (χ3v) is 2.99. The van der Waals surface area contributed by atoms with Gasteiger partial charge >= 0.3 is 0 Å². The van der Waals surface area contributed by atoms with Gasteiger partial charge in [0.2, 0.25) is 0 Å². The van der Waals surface area contributed by atoms with Gasteiger partial charge in [0, 0.05) is 30.1 Å². The summed E-state index contributed by atoms with van der Waals surface area (Å²) in [4.78, 5) is 11.4. The smallest absolute Gasteiger partial charge is 0.250 e. The van der Waals surface area contributed by atoms with Crippen LogP contribution in [0.3, 0.4) is 0 Å². The van der Waals surface area contributed by atoms with Gasteiger partial charge in [-0.05, 0) is 18.9 Å². The van der Waals surface area contributed by atoms with Crippen molar-refractivity contribution in [1.82, 2.24) is 4.57 Å². The molecule has 0 spiro atoms. The molecule has 0 fully saturated rings. The van der Waals surface area contributed by atoms with Gasteiger partial charge in [-0.25, -0.2) is 0 Å². The fraction of sp³-hybridized carbons (Fsp3) is 0.500. The van der Waals surface area contributed by atoms with Gasteiger partial charge in [-0.1, -0.05) is 6.07 Å². The van der Waals surface area contributed by atoms with E-state index in [2.05, 4.69) is 0 Å². The molecule has 0 saturated heterocycles. The Labute approximate surface area is 82.1 Å². The molecular formula is C10H12ClNO. The Morgan fingerprint density at radius 2 is 2.38 bits per heavy atom. The van der Waals surface area contributed by atoms with E-state index in [-0.39, 0.29) is 5.56 Å². The predicted molar refractivity (Wildman–Crippen MR) is 53.4 cm³/mol. The van der Waals surface area contributed by atoms with Crippen LogP contribution in [0.25, 0.3) is 0 Å². The van der Waals surface area contributed by atoms with Crippen molar-refractivity contribution < 1.29 is 0 Å². The summed E-state index contributed by atoms with van der Waals surface area (Å²) >= 11 is 5.85. The van der Waals surface area contributed by atoms with Gasteiger partial charge in [0.25, 0.3) is 5.56 Å². The Bertz CT molecular complexity index is 358. The molecule has 1 atom stereocenters. The normalized spacial score (nSPS) is 21.2. The second-order valence-electron chi connectivity index (χ2n) is 3.43. The maximum Gasteiger partial charge on any atom is 0.250 e. The minimum atomic E-state index is 0.104. The average Bonchev–Trinajstić information content (AvgIpc) is 2.18. The second kappa shape index (κ2) is 3.54. The average molecular weight is 198 g/mol. The highest BCUT2D eigenvalue weighted by Gasteiger charge is 2.19. The zero-order valence-corrected chi connectivity index (χ0v) is 8.13. The second-order valence-corrected chi connectivity index (χ2v) is 3.74. The molecule has 0 amide bonds. The highest BCUT2D eigenvalue weighted by Crippen LogP contribution is 2.26. The van der Waals surface area contributed by atoms with Gasteiger partial charge in [-0.3, -0.25) is 4.79 Å². The molecule has 2 heterocycles. The standard InChI is InChI=1S/C10H12ClNO/c11-7-8-3-2-6-12-9(8)4-1-5-10(12)13/h1,4-5,8H,2-3,6-7H2. The van der Waals surface area contributed by atoms with Crippen LogP contribution < -0.4 is 5.56 Å². The van der Waals surface area contributed by atoms with Crippen LogP contribution in [-0.4, -0.2) is 10.4 Å². The van der Waals surface area contributed by atoms with Crippen molar-refractivity contribution in [2.75, 3.05) is 5.88 Å². The Morgan fingerprint density at radius 1 is 1.54 bits per heavy atom. The van der Waals surface area contributed by atoms with Crippen molar-refractivity contribution in [3.63, 3.8) is 0 Å². The molecular weight excluding hydrogens is 186 g/mol. The predicted octanol–water partition coefficient (Wildman–Crippen LogP) is 1.96. The van der Waals surface area contributed by atoms with Crippen molar-refractivity contribution in [3.05, 3.63) is 34.2 Å². The zero-order chi connectivity index (χ0) is 9.26. The number of alkyl halides is 1. The van der Waals surface area contributed by atoms with Gasteiger partial charge in [0.15, 0.2) is 0 Å². The first-order valence-electron chi connectivity index (χ1n) is 4.58. The number of aromatic nitrogens is 1. The minimum absolute atomic E-state index is 0.104. The Hall–Kier alpha value is -0.760. The molecule has 2 rings (SSSR count). The lowest BCUT2D eigenvalue weighted by Crippen LogP contribution is -2.28. The van der Waals surface area contributed by atoms with Gasteiger partial charge in [0.1, 0.15) is 0 Å². The molecule has 13 heavy (non-hydrogen) atoms. The van der Waals surface area contributed by atoms with Gasteiger partial charge in [0.05, 0.1) is 0 Å². The molecule has 3 heteroatoms. The van der Waals surface area contributed by atoms with Gasteiger partial charge < -0.3 is 4.57 Å². The molecule has 1 aromatic rings. The van der Waals surface area contributed by atoms with E-state index in [0.717, 1.165) is 25.1 Å². The molecule has 1 aromatic heterocycles. The minimum Gasteiger partial charge on any atom is -0.312 e. The van der Waals surface area contributed by atoms with E-state index in [0.29, 0.717) is 11.8 Å². The lowest BCUT2D eigenvalue weighted by atomic mass is 9.97. The fourth-order valence-corrected chi connectivity index (χ4v) is 2.24. The largest absolute Gasteiger partial charge is 0.312 e. The first kappa shape index (κ1) is 8.82. The molecule has 0 saturated carbocycles. The quantitative estimate of drug-likeness (QED) is 0.631. The van der Waals surface area contributed by atoms with Crippen molar-refractivity contribution in [2.24, 2.45) is 0 Å². The Kier molecular flexibility index (Phi) is 2.40. The molecule has 2 nitrogen and oxygen atoms in total. The molecule has 0 bridgehead atoms. The van der Waals surface area contributed by atoms with Crippen molar-refractivity contribution in [2.45, 2.75) is 25.3 Å². The first-order chi connectivity index (χ1) is 6.33. The number of fused-ring (bicyclic) bond motifs is 1. The van der Waals surface area contributed by atoms with Gasteiger partial charge in [-0.15, -0.1) is 11.6 Å². The van der Waals surface area contributed by atoms with E-state index in [1.807, 2.05) is 16.7 Å². The first-order valence-corrected chi connectivity index (χ1v) is 5.12. The van der Waals surface area contributed by atoms with Crippen LogP contribution in [0.2, 0.25) is 0 Å². The van der Waals surface area contributed by atoms with Crippen LogP contribution in [0, 0.1) is 0 Å². The lowest BCUT2D eigenvalue weighted by molar-refractivity contribution is 0.462. The molecule has 70 valence electrons. The molecule has 0 aromatic carbocycles. The van der Waals surface area contributed by atoms with Gasteiger partial charge in [-0.2, -0.15) is 0 Å². The molecule has 0 N–H and O–H groups in total. The molecule has 0 aliphatic carbocycles. The van der Waals surface area contributed by atoms with Crippen LogP contribution in [0.4, 0.5) is 0 Å². The SMILES string of the molecule is O=c1cccc2n1CCCC2CCl. The van der Waals surface area contributed by atoms with Crippen molar-refractivity contribution in [1.29, 1.82) is 0 Å². The van der Waals surface area contributed by atoms with Crippen LogP contribution >= 0.6 is 11.6 Å². The summed E-state index contributed by atoms with van der Waals surface area (Å²) < 4.78 is 1.84. The maximum absolute atomic E-state index is 11.4. The molecule has 1 unspecified atom stereocenters. The summed E-state index contributed by atoms with van der Waals surface area (Å²) in [5.74, 6) is 0.980. The number of hydrogen-bond donors (Lipinski definition) is 0. The van der Waals surface area contributed by atoms with Crippen LogP contribution in [-0.2, 0) is 6.54 Å². The summed E-state index contributed by atoms with van der Waals surface area (Å²) in [6.45, 7) is 0.850. The van der Waals surface area contributed by atoms with Crippen molar-refractivity contribution in [3.8, 4) is 0 Å².